The minimum Gasteiger partial charge on any atom is -0.309 e. The lowest BCUT2D eigenvalue weighted by atomic mass is 10.1. The molecule has 0 aliphatic heterocycles. The van der Waals surface area contributed by atoms with Crippen LogP contribution in [0.15, 0.2) is 30.6 Å². The second kappa shape index (κ2) is 6.31. The summed E-state index contributed by atoms with van der Waals surface area (Å²) in [7, 11) is 0. The Hall–Kier alpha value is -1.68. The molecule has 2 heterocycles. The molecule has 96 valence electrons. The molecule has 0 aliphatic carbocycles. The zero-order valence-corrected chi connectivity index (χ0v) is 11.0. The molecule has 0 spiro atoms. The Bertz CT molecular complexity index is 464. The van der Waals surface area contributed by atoms with Crippen molar-refractivity contribution in [1.29, 1.82) is 0 Å². The summed E-state index contributed by atoms with van der Waals surface area (Å²) in [6, 6.07) is 6.32. The molecule has 2 N–H and O–H groups in total. The Balaban J connectivity index is 1.71. The maximum atomic E-state index is 4.34. The fourth-order valence-electron chi connectivity index (χ4n) is 1.96. The normalized spacial score (nSPS) is 12.6. The van der Waals surface area contributed by atoms with Crippen LogP contribution in [0.4, 0.5) is 0 Å². The van der Waals surface area contributed by atoms with E-state index in [1.165, 1.54) is 11.3 Å². The van der Waals surface area contributed by atoms with Gasteiger partial charge < -0.3 is 5.32 Å². The Morgan fingerprint density at radius 1 is 1.39 bits per heavy atom. The van der Waals surface area contributed by atoms with Gasteiger partial charge in [-0.05, 0) is 50.9 Å². The number of aromatic nitrogens is 3. The van der Waals surface area contributed by atoms with Crippen molar-refractivity contribution in [2.45, 2.75) is 32.7 Å². The van der Waals surface area contributed by atoms with Gasteiger partial charge in [0.25, 0.3) is 0 Å². The van der Waals surface area contributed by atoms with Crippen molar-refractivity contribution in [2.75, 3.05) is 6.54 Å². The summed E-state index contributed by atoms with van der Waals surface area (Å²) in [5, 5.41) is 10.5. The minimum absolute atomic E-state index is 0.302. The number of hydrogen-bond acceptors (Lipinski definition) is 3. The number of H-pyrrole nitrogens is 1. The van der Waals surface area contributed by atoms with Crippen LogP contribution in [-0.4, -0.2) is 21.7 Å². The van der Waals surface area contributed by atoms with Gasteiger partial charge in [0.1, 0.15) is 0 Å². The van der Waals surface area contributed by atoms with Gasteiger partial charge in [-0.3, -0.25) is 10.1 Å². The van der Waals surface area contributed by atoms with Crippen molar-refractivity contribution in [3.8, 4) is 0 Å². The van der Waals surface area contributed by atoms with E-state index in [-0.39, 0.29) is 0 Å². The van der Waals surface area contributed by atoms with E-state index >= 15 is 0 Å². The molecule has 0 saturated heterocycles. The number of nitrogens with zero attached hydrogens (tertiary/aromatic N) is 2. The molecule has 0 fully saturated rings. The highest BCUT2D eigenvalue weighted by Crippen LogP contribution is 2.09. The summed E-state index contributed by atoms with van der Waals surface area (Å²) in [4.78, 5) is 4.34. The lowest BCUT2D eigenvalue weighted by Crippen LogP contribution is -2.21. The first-order chi connectivity index (χ1) is 8.77. The molecule has 0 amide bonds. The van der Waals surface area contributed by atoms with Crippen molar-refractivity contribution in [3.63, 3.8) is 0 Å². The van der Waals surface area contributed by atoms with E-state index in [2.05, 4.69) is 40.4 Å². The highest BCUT2D eigenvalue weighted by atomic mass is 15.1. The molecule has 4 nitrogen and oxygen atoms in total. The molecular weight excluding hydrogens is 224 g/mol. The van der Waals surface area contributed by atoms with Crippen LogP contribution >= 0.6 is 0 Å². The quantitative estimate of drug-likeness (QED) is 0.767. The molecule has 0 bridgehead atoms. The number of nitrogens with one attached hydrogen (secondary N) is 2. The van der Waals surface area contributed by atoms with Crippen LogP contribution in [0.3, 0.4) is 0 Å². The van der Waals surface area contributed by atoms with Crippen LogP contribution in [0.2, 0.25) is 0 Å². The van der Waals surface area contributed by atoms with Crippen molar-refractivity contribution in [2.24, 2.45) is 0 Å². The van der Waals surface area contributed by atoms with Crippen LogP contribution in [0.25, 0.3) is 0 Å². The van der Waals surface area contributed by atoms with Crippen molar-refractivity contribution in [3.05, 3.63) is 47.5 Å². The van der Waals surface area contributed by atoms with Gasteiger partial charge in [-0.2, -0.15) is 5.10 Å². The lowest BCUT2D eigenvalue weighted by Gasteiger charge is -2.12. The number of aromatic amines is 1. The van der Waals surface area contributed by atoms with E-state index in [0.29, 0.717) is 6.04 Å². The van der Waals surface area contributed by atoms with Crippen LogP contribution in [0.5, 0.6) is 0 Å². The molecule has 2 aromatic heterocycles. The van der Waals surface area contributed by atoms with Gasteiger partial charge in [-0.25, -0.2) is 0 Å². The summed E-state index contributed by atoms with van der Waals surface area (Å²) in [5.74, 6) is 0. The molecule has 1 atom stereocenters. The second-order valence-corrected chi connectivity index (χ2v) is 4.55. The van der Waals surface area contributed by atoms with E-state index in [9.17, 15) is 0 Å². The molecule has 0 aliphatic rings. The smallest absolute Gasteiger partial charge is 0.0570 e. The topological polar surface area (TPSA) is 53.6 Å². The minimum atomic E-state index is 0.302. The van der Waals surface area contributed by atoms with Crippen LogP contribution < -0.4 is 5.32 Å². The second-order valence-electron chi connectivity index (χ2n) is 4.55. The monoisotopic (exact) mass is 244 g/mol. The first kappa shape index (κ1) is 12.8. The van der Waals surface area contributed by atoms with Gasteiger partial charge in [0.05, 0.1) is 11.9 Å². The van der Waals surface area contributed by atoms with Crippen molar-refractivity contribution in [1.82, 2.24) is 20.5 Å². The van der Waals surface area contributed by atoms with Gasteiger partial charge in [-0.15, -0.1) is 0 Å². The molecule has 4 heteroatoms. The summed E-state index contributed by atoms with van der Waals surface area (Å²) in [6.07, 6.45) is 5.92. The van der Waals surface area contributed by atoms with Gasteiger partial charge in [-0.1, -0.05) is 6.07 Å². The van der Waals surface area contributed by atoms with E-state index in [4.69, 9.17) is 0 Å². The number of pyridine rings is 1. The molecule has 0 aromatic carbocycles. The Kier molecular flexibility index (Phi) is 4.47. The van der Waals surface area contributed by atoms with Crippen molar-refractivity contribution >= 4 is 0 Å². The standard InChI is InChI=1S/C14H20N4/c1-11-13(10-17-18-11)6-5-9-15-12(2)14-7-3-4-8-16-14/h3-4,7-8,10,12,15H,5-6,9H2,1-2H3,(H,17,18)/t12-/m1/s1. The average molecular weight is 244 g/mol. The van der Waals surface area contributed by atoms with Crippen molar-refractivity contribution < 1.29 is 0 Å². The van der Waals surface area contributed by atoms with Gasteiger partial charge in [0.15, 0.2) is 0 Å². The zero-order chi connectivity index (χ0) is 12.8. The Labute approximate surface area is 108 Å². The number of rotatable bonds is 6. The van der Waals surface area contributed by atoms with E-state index in [1.54, 1.807) is 0 Å². The first-order valence-electron chi connectivity index (χ1n) is 6.40. The van der Waals surface area contributed by atoms with Crippen LogP contribution in [-0.2, 0) is 6.42 Å². The fourth-order valence-corrected chi connectivity index (χ4v) is 1.96. The van der Waals surface area contributed by atoms with E-state index < -0.39 is 0 Å². The molecule has 2 rings (SSSR count). The third kappa shape index (κ3) is 3.40. The average Bonchev–Trinajstić information content (AvgIpc) is 2.81. The van der Waals surface area contributed by atoms with Gasteiger partial charge in [0, 0.05) is 17.9 Å². The molecular formula is C14H20N4. The highest BCUT2D eigenvalue weighted by Gasteiger charge is 2.05. The molecule has 0 radical (unpaired) electrons. The highest BCUT2D eigenvalue weighted by molar-refractivity contribution is 5.14. The van der Waals surface area contributed by atoms with Gasteiger partial charge >= 0.3 is 0 Å². The third-order valence-electron chi connectivity index (χ3n) is 3.14. The molecule has 0 saturated carbocycles. The fraction of sp³-hybridized carbons (Fsp3) is 0.429. The molecule has 0 unspecified atom stereocenters. The van der Waals surface area contributed by atoms with E-state index in [1.807, 2.05) is 24.5 Å². The van der Waals surface area contributed by atoms with Crippen LogP contribution in [0.1, 0.15) is 36.3 Å². The number of hydrogen-bond donors (Lipinski definition) is 2. The van der Waals surface area contributed by atoms with Gasteiger partial charge in [0.2, 0.25) is 0 Å². The largest absolute Gasteiger partial charge is 0.309 e. The Morgan fingerprint density at radius 3 is 2.94 bits per heavy atom. The summed E-state index contributed by atoms with van der Waals surface area (Å²) in [6.45, 7) is 5.19. The first-order valence-corrected chi connectivity index (χ1v) is 6.40. The maximum absolute atomic E-state index is 4.34. The summed E-state index contributed by atoms with van der Waals surface area (Å²) < 4.78 is 0. The predicted molar refractivity (Wildman–Crippen MR) is 72.3 cm³/mol. The van der Waals surface area contributed by atoms with E-state index in [0.717, 1.165) is 25.1 Å². The number of aryl methyl sites for hydroxylation is 2. The Morgan fingerprint density at radius 2 is 2.28 bits per heavy atom. The predicted octanol–water partition coefficient (Wildman–Crippen LogP) is 2.40. The zero-order valence-electron chi connectivity index (χ0n) is 11.0. The van der Waals surface area contributed by atoms with Crippen LogP contribution in [0, 0.1) is 6.92 Å². The lowest BCUT2D eigenvalue weighted by molar-refractivity contribution is 0.547. The SMILES string of the molecule is Cc1[nH]ncc1CCCN[C@H](C)c1ccccn1. The summed E-state index contributed by atoms with van der Waals surface area (Å²) in [5.41, 5.74) is 3.58. The summed E-state index contributed by atoms with van der Waals surface area (Å²) >= 11 is 0. The maximum Gasteiger partial charge on any atom is 0.0570 e. The third-order valence-corrected chi connectivity index (χ3v) is 3.14. The molecule has 2 aromatic rings. The molecule has 18 heavy (non-hydrogen) atoms.